The topological polar surface area (TPSA) is 12.0 Å². The van der Waals surface area contributed by atoms with Crippen molar-refractivity contribution in [2.24, 2.45) is 5.92 Å². The Morgan fingerprint density at radius 1 is 1.50 bits per heavy atom. The fourth-order valence-electron chi connectivity index (χ4n) is 0.999. The highest BCUT2D eigenvalue weighted by molar-refractivity contribution is 4.88. The summed E-state index contributed by atoms with van der Waals surface area (Å²) in [6.45, 7) is 0.309. The average molecular weight is 179 g/mol. The molecule has 0 aliphatic rings. The quantitative estimate of drug-likeness (QED) is 0.649. The summed E-state index contributed by atoms with van der Waals surface area (Å²) in [5.74, 6) is 1.74. The van der Waals surface area contributed by atoms with E-state index < -0.39 is 18.5 Å². The summed E-state index contributed by atoms with van der Waals surface area (Å²) in [5.41, 5.74) is 0. The Bertz CT molecular complexity index is 157. The van der Waals surface area contributed by atoms with Crippen LogP contribution in [0.25, 0.3) is 0 Å². The number of halogens is 3. The zero-order valence-electron chi connectivity index (χ0n) is 6.91. The number of rotatable bonds is 4. The van der Waals surface area contributed by atoms with Crippen molar-refractivity contribution in [3.05, 3.63) is 0 Å². The van der Waals surface area contributed by atoms with Gasteiger partial charge in [-0.25, -0.2) is 0 Å². The molecule has 0 bridgehead atoms. The summed E-state index contributed by atoms with van der Waals surface area (Å²) >= 11 is 0. The van der Waals surface area contributed by atoms with Crippen molar-refractivity contribution in [3.8, 4) is 12.3 Å². The average Bonchev–Trinajstić information content (AvgIpc) is 1.84. The summed E-state index contributed by atoms with van der Waals surface area (Å²) in [5, 5.41) is 2.68. The summed E-state index contributed by atoms with van der Waals surface area (Å²) in [7, 11) is 1.61. The van der Waals surface area contributed by atoms with Crippen LogP contribution in [0.3, 0.4) is 0 Å². The molecule has 1 nitrogen and oxygen atoms in total. The van der Waals surface area contributed by atoms with Crippen LogP contribution in [0.1, 0.15) is 12.8 Å². The Morgan fingerprint density at radius 2 is 2.08 bits per heavy atom. The summed E-state index contributed by atoms with van der Waals surface area (Å²) in [6.07, 6.45) is 0.180. The molecule has 0 saturated carbocycles. The smallest absolute Gasteiger partial charge is 0.319 e. The molecule has 0 amide bonds. The van der Waals surface area contributed by atoms with E-state index in [1.807, 2.05) is 0 Å². The van der Waals surface area contributed by atoms with Crippen LogP contribution in [-0.2, 0) is 0 Å². The Balaban J connectivity index is 3.88. The monoisotopic (exact) mass is 179 g/mol. The van der Waals surface area contributed by atoms with Crippen LogP contribution < -0.4 is 5.32 Å². The summed E-state index contributed by atoms with van der Waals surface area (Å²) < 4.78 is 35.6. The van der Waals surface area contributed by atoms with E-state index in [9.17, 15) is 13.2 Å². The third-order valence-electron chi connectivity index (χ3n) is 1.42. The van der Waals surface area contributed by atoms with Gasteiger partial charge in [0.1, 0.15) is 0 Å². The summed E-state index contributed by atoms with van der Waals surface area (Å²) in [6, 6.07) is 0. The third-order valence-corrected chi connectivity index (χ3v) is 1.42. The van der Waals surface area contributed by atoms with Crippen LogP contribution in [-0.4, -0.2) is 19.8 Å². The van der Waals surface area contributed by atoms with E-state index >= 15 is 0 Å². The van der Waals surface area contributed by atoms with Gasteiger partial charge < -0.3 is 5.32 Å². The maximum Gasteiger partial charge on any atom is 0.389 e. The molecule has 0 spiro atoms. The van der Waals surface area contributed by atoms with E-state index in [-0.39, 0.29) is 6.42 Å². The maximum absolute atomic E-state index is 11.9. The molecule has 0 aromatic rings. The van der Waals surface area contributed by atoms with E-state index in [0.717, 1.165) is 0 Å². The van der Waals surface area contributed by atoms with Crippen molar-refractivity contribution >= 4 is 0 Å². The van der Waals surface area contributed by atoms with Gasteiger partial charge in [-0.3, -0.25) is 0 Å². The van der Waals surface area contributed by atoms with Crippen molar-refractivity contribution < 1.29 is 13.2 Å². The molecule has 0 fully saturated rings. The number of hydrogen-bond acceptors (Lipinski definition) is 1. The molecule has 0 aliphatic heterocycles. The highest BCUT2D eigenvalue weighted by Gasteiger charge is 2.30. The minimum Gasteiger partial charge on any atom is -0.319 e. The van der Waals surface area contributed by atoms with Gasteiger partial charge in [0.2, 0.25) is 0 Å². The molecule has 0 radical (unpaired) electrons. The molecule has 0 heterocycles. The fourth-order valence-corrected chi connectivity index (χ4v) is 0.999. The number of hydrogen-bond donors (Lipinski definition) is 1. The van der Waals surface area contributed by atoms with Crippen molar-refractivity contribution in [3.63, 3.8) is 0 Å². The maximum atomic E-state index is 11.9. The van der Waals surface area contributed by atoms with E-state index in [0.29, 0.717) is 6.54 Å². The molecule has 0 saturated heterocycles. The van der Waals surface area contributed by atoms with Gasteiger partial charge >= 0.3 is 6.18 Å². The molecule has 0 unspecified atom stereocenters. The van der Waals surface area contributed by atoms with Crippen LogP contribution in [0, 0.1) is 18.3 Å². The zero-order valence-corrected chi connectivity index (χ0v) is 6.91. The SMILES string of the molecule is C#CC[C@@H](CNC)CC(F)(F)F. The van der Waals surface area contributed by atoms with Crippen LogP contribution in [0.2, 0.25) is 0 Å². The second kappa shape index (κ2) is 5.04. The van der Waals surface area contributed by atoms with Crippen molar-refractivity contribution in [2.45, 2.75) is 19.0 Å². The molecule has 70 valence electrons. The molecule has 1 atom stereocenters. The molecule has 4 heteroatoms. The van der Waals surface area contributed by atoms with E-state index in [1.165, 1.54) is 0 Å². The van der Waals surface area contributed by atoms with Crippen molar-refractivity contribution in [1.29, 1.82) is 0 Å². The first kappa shape index (κ1) is 11.3. The van der Waals surface area contributed by atoms with Gasteiger partial charge in [-0.15, -0.1) is 12.3 Å². The lowest BCUT2D eigenvalue weighted by atomic mass is 10.0. The minimum atomic E-state index is -4.11. The van der Waals surface area contributed by atoms with Crippen molar-refractivity contribution in [1.82, 2.24) is 5.32 Å². The first-order chi connectivity index (χ1) is 5.49. The second-order valence-electron chi connectivity index (χ2n) is 2.65. The molecule has 0 aromatic carbocycles. The normalized spacial score (nSPS) is 13.9. The number of alkyl halides is 3. The number of terminal acetylenes is 1. The largest absolute Gasteiger partial charge is 0.389 e. The van der Waals surface area contributed by atoms with Gasteiger partial charge in [0, 0.05) is 12.8 Å². The molecular weight excluding hydrogens is 167 g/mol. The lowest BCUT2D eigenvalue weighted by Gasteiger charge is -2.15. The lowest BCUT2D eigenvalue weighted by molar-refractivity contribution is -0.143. The van der Waals surface area contributed by atoms with E-state index in [1.54, 1.807) is 7.05 Å². The highest BCUT2D eigenvalue weighted by Crippen LogP contribution is 2.25. The Kier molecular flexibility index (Phi) is 4.75. The van der Waals surface area contributed by atoms with Gasteiger partial charge in [-0.05, 0) is 19.5 Å². The van der Waals surface area contributed by atoms with Gasteiger partial charge in [0.05, 0.1) is 0 Å². The van der Waals surface area contributed by atoms with E-state index in [4.69, 9.17) is 6.42 Å². The van der Waals surface area contributed by atoms with Gasteiger partial charge in [0.15, 0.2) is 0 Å². The molecular formula is C8H12F3N. The highest BCUT2D eigenvalue weighted by atomic mass is 19.4. The van der Waals surface area contributed by atoms with E-state index in [2.05, 4.69) is 11.2 Å². The molecule has 0 aromatic heterocycles. The second-order valence-corrected chi connectivity index (χ2v) is 2.65. The Hall–Kier alpha value is -0.690. The van der Waals surface area contributed by atoms with Crippen LogP contribution >= 0.6 is 0 Å². The number of nitrogens with one attached hydrogen (secondary N) is 1. The van der Waals surface area contributed by atoms with Gasteiger partial charge in [-0.2, -0.15) is 13.2 Å². The summed E-state index contributed by atoms with van der Waals surface area (Å²) in [4.78, 5) is 0. The predicted molar refractivity (Wildman–Crippen MR) is 41.5 cm³/mol. The predicted octanol–water partition coefficient (Wildman–Crippen LogP) is 1.80. The first-order valence-corrected chi connectivity index (χ1v) is 3.64. The fraction of sp³-hybridized carbons (Fsp3) is 0.750. The van der Waals surface area contributed by atoms with Crippen molar-refractivity contribution in [2.75, 3.05) is 13.6 Å². The van der Waals surface area contributed by atoms with Crippen LogP contribution in [0.15, 0.2) is 0 Å². The molecule has 0 aliphatic carbocycles. The van der Waals surface area contributed by atoms with Gasteiger partial charge in [-0.1, -0.05) is 0 Å². The third kappa shape index (κ3) is 6.05. The Labute approximate surface area is 70.3 Å². The van der Waals surface area contributed by atoms with Crippen LogP contribution in [0.4, 0.5) is 13.2 Å². The molecule has 1 N–H and O–H groups in total. The Morgan fingerprint density at radius 3 is 2.42 bits per heavy atom. The van der Waals surface area contributed by atoms with Crippen LogP contribution in [0.5, 0.6) is 0 Å². The van der Waals surface area contributed by atoms with Gasteiger partial charge in [0.25, 0.3) is 0 Å². The first-order valence-electron chi connectivity index (χ1n) is 3.64. The molecule has 12 heavy (non-hydrogen) atoms. The lowest BCUT2D eigenvalue weighted by Crippen LogP contribution is -2.24. The standard InChI is InChI=1S/C8H12F3N/c1-3-4-7(6-12-2)5-8(9,10)11/h1,7,12H,4-6H2,2H3/t7-/m1/s1. The zero-order chi connectivity index (χ0) is 9.61. The molecule has 0 rings (SSSR count). The minimum absolute atomic E-state index is 0.167.